The fraction of sp³-hybridized carbons (Fsp3) is 0.205. The number of methoxy groups -OCH3 is 2. The van der Waals surface area contributed by atoms with E-state index in [2.05, 4.69) is 26.5 Å². The molecule has 4 aromatic carbocycles. The normalized spacial score (nSPS) is 14.6. The van der Waals surface area contributed by atoms with Gasteiger partial charge < -0.3 is 34.4 Å². The highest BCUT2D eigenvalue weighted by Gasteiger charge is 2.62. The molecule has 0 fully saturated rings. The van der Waals surface area contributed by atoms with E-state index in [0.29, 0.717) is 28.2 Å². The number of rotatable bonds is 13. The van der Waals surface area contributed by atoms with Crippen molar-refractivity contribution >= 4 is 52.3 Å². The first-order chi connectivity index (χ1) is 31.3. The lowest BCUT2D eigenvalue weighted by molar-refractivity contribution is -0.275. The molecule has 22 heteroatoms. The van der Waals surface area contributed by atoms with E-state index in [0.717, 1.165) is 12.1 Å². The molecule has 344 valence electrons. The van der Waals surface area contributed by atoms with Crippen LogP contribution in [0.1, 0.15) is 44.6 Å². The summed E-state index contributed by atoms with van der Waals surface area (Å²) in [6.45, 7) is -0.750. The minimum Gasteiger partial charge on any atom is -0.503 e. The van der Waals surface area contributed by atoms with Gasteiger partial charge in [0.2, 0.25) is 17.7 Å². The van der Waals surface area contributed by atoms with E-state index in [-0.39, 0.29) is 49.8 Å². The second-order valence-corrected chi connectivity index (χ2v) is 14.5. The Balaban J connectivity index is 0.000000251. The topological polar surface area (TPSA) is 183 Å². The van der Waals surface area contributed by atoms with Crippen LogP contribution in [-0.4, -0.2) is 73.1 Å². The summed E-state index contributed by atoms with van der Waals surface area (Å²) in [5, 5.41) is 16.6. The molecular weight excluding hydrogens is 925 g/mol. The predicted molar refractivity (Wildman–Crippen MR) is 226 cm³/mol. The van der Waals surface area contributed by atoms with Crippen LogP contribution in [0.15, 0.2) is 109 Å². The Morgan fingerprint density at radius 3 is 2.09 bits per heavy atom. The number of carbonyl (C=O) groups excluding carboxylic acids is 3. The third-order valence-electron chi connectivity index (χ3n) is 9.09. The third-order valence-corrected chi connectivity index (χ3v) is 9.52. The summed E-state index contributed by atoms with van der Waals surface area (Å²) in [6, 6.07) is 24.7. The van der Waals surface area contributed by atoms with Crippen molar-refractivity contribution in [2.24, 2.45) is 5.16 Å². The van der Waals surface area contributed by atoms with Crippen LogP contribution >= 0.6 is 23.2 Å². The monoisotopic (exact) mass is 958 g/mol. The molecule has 0 bridgehead atoms. The summed E-state index contributed by atoms with van der Waals surface area (Å²) in [5.41, 5.74) is -1.57. The van der Waals surface area contributed by atoms with Gasteiger partial charge >= 0.3 is 18.3 Å². The molecule has 14 nitrogen and oxygen atoms in total. The second kappa shape index (κ2) is 21.5. The molecular formula is C44H34Cl2F6N6O8. The fourth-order valence-electron chi connectivity index (χ4n) is 6.00. The smallest absolute Gasteiger partial charge is 0.435 e. The van der Waals surface area contributed by atoms with Gasteiger partial charge in [0, 0.05) is 33.2 Å². The largest absolute Gasteiger partial charge is 0.503 e. The molecule has 2 amide bonds. The number of para-hydroxylation sites is 2. The number of ether oxygens (including phenoxy) is 4. The number of oxime groups is 1. The van der Waals surface area contributed by atoms with Gasteiger partial charge in [-0.3, -0.25) is 9.59 Å². The number of alkyl halides is 6. The fourth-order valence-corrected chi connectivity index (χ4v) is 6.52. The summed E-state index contributed by atoms with van der Waals surface area (Å²) in [4.78, 5) is 49.0. The lowest BCUT2D eigenvalue weighted by Gasteiger charge is -2.29. The van der Waals surface area contributed by atoms with Gasteiger partial charge in [-0.2, -0.15) is 31.6 Å². The van der Waals surface area contributed by atoms with E-state index >= 15 is 0 Å². The average Bonchev–Trinajstić information content (AvgIpc) is 3.75. The number of amides is 2. The number of hydrogen-bond donors (Lipinski definition) is 2. The number of esters is 1. The molecule has 0 radical (unpaired) electrons. The zero-order valence-electron chi connectivity index (χ0n) is 34.5. The van der Waals surface area contributed by atoms with Gasteiger partial charge in [0.05, 0.1) is 44.4 Å². The van der Waals surface area contributed by atoms with Gasteiger partial charge in [0.15, 0.2) is 0 Å². The van der Waals surface area contributed by atoms with Crippen LogP contribution in [0.2, 0.25) is 10.0 Å². The quantitative estimate of drug-likeness (QED) is 0.0496. The van der Waals surface area contributed by atoms with Crippen molar-refractivity contribution in [2.75, 3.05) is 27.3 Å². The number of nitrogens with one attached hydrogen (secondary N) is 2. The Hall–Kier alpha value is -7.37. The van der Waals surface area contributed by atoms with Gasteiger partial charge in [0.1, 0.15) is 36.0 Å². The lowest BCUT2D eigenvalue weighted by atomic mass is 9.86. The highest BCUT2D eigenvalue weighted by molar-refractivity contribution is 6.34. The Kier molecular flexibility index (Phi) is 16.2. The Bertz CT molecular complexity index is 2690. The molecule has 1 aliphatic rings. The molecule has 1 aliphatic heterocycles. The molecule has 2 heterocycles. The van der Waals surface area contributed by atoms with Crippen LogP contribution in [0.4, 0.5) is 26.3 Å². The Morgan fingerprint density at radius 2 is 1.48 bits per heavy atom. The molecule has 5 aromatic rings. The number of nitriles is 1. The molecule has 66 heavy (non-hydrogen) atoms. The zero-order valence-corrected chi connectivity index (χ0v) is 36.0. The predicted octanol–water partition coefficient (Wildman–Crippen LogP) is 9.39. The number of aryl methyl sites for hydroxylation is 1. The number of benzene rings is 4. The highest BCUT2D eigenvalue weighted by Crippen LogP contribution is 2.50. The van der Waals surface area contributed by atoms with E-state index in [1.165, 1.54) is 64.1 Å². The van der Waals surface area contributed by atoms with Crippen LogP contribution in [0.3, 0.4) is 0 Å². The molecule has 6 rings (SSSR count). The van der Waals surface area contributed by atoms with Crippen LogP contribution in [0.5, 0.6) is 23.3 Å². The van der Waals surface area contributed by atoms with Crippen molar-refractivity contribution in [3.8, 4) is 29.3 Å². The van der Waals surface area contributed by atoms with Gasteiger partial charge in [-0.15, -0.1) is 0 Å². The van der Waals surface area contributed by atoms with E-state index < -0.39 is 55.2 Å². The van der Waals surface area contributed by atoms with E-state index in [1.807, 2.05) is 0 Å². The number of carbonyl (C=O) groups is 3. The third kappa shape index (κ3) is 12.7. The highest BCUT2D eigenvalue weighted by atomic mass is 35.5. The standard InChI is InChI=1S/C22H17Cl2F6N3O3.C22H17N3O5/c1-11-4-12(2-3-16(11)19(35)31-9-18(34)32-10-21(25,26)27)17-8-20(36-33-17,22(28,29)30)13-5-14(23)7-15(24)6-13;1-27-13-17(22(26)28-2)16-8-4-6-10-19(16)30-21-11-20(24-14-25-21)29-18-9-5-3-7-15(18)12-23/h2-7H,8-10H2,1H3,(H,31,35)(H,32,34);3-11,13-14H,1-2H3/b;17-13+/t20-;/m0./s1. The zero-order chi connectivity index (χ0) is 48.2. The van der Waals surface area contributed by atoms with Crippen molar-refractivity contribution in [3.05, 3.63) is 147 Å². The van der Waals surface area contributed by atoms with Gasteiger partial charge in [-0.1, -0.05) is 64.8 Å². The molecule has 2 N–H and O–H groups in total. The molecule has 1 atom stereocenters. The van der Waals surface area contributed by atoms with Crippen molar-refractivity contribution in [2.45, 2.75) is 31.3 Å². The summed E-state index contributed by atoms with van der Waals surface area (Å²) in [5.74, 6) is -1.28. The lowest BCUT2D eigenvalue weighted by Crippen LogP contribution is -2.42. The Labute approximate surface area is 381 Å². The summed E-state index contributed by atoms with van der Waals surface area (Å²) in [6.07, 6.45) is -7.62. The molecule has 0 aliphatic carbocycles. The van der Waals surface area contributed by atoms with Crippen LogP contribution in [0.25, 0.3) is 5.57 Å². The summed E-state index contributed by atoms with van der Waals surface area (Å²) >= 11 is 11.8. The van der Waals surface area contributed by atoms with Gasteiger partial charge in [0.25, 0.3) is 11.5 Å². The van der Waals surface area contributed by atoms with Crippen molar-refractivity contribution in [1.29, 1.82) is 5.26 Å². The van der Waals surface area contributed by atoms with Gasteiger partial charge in [-0.25, -0.2) is 14.8 Å². The summed E-state index contributed by atoms with van der Waals surface area (Å²) in [7, 11) is 2.71. The van der Waals surface area contributed by atoms with Crippen molar-refractivity contribution in [1.82, 2.24) is 20.6 Å². The van der Waals surface area contributed by atoms with Gasteiger partial charge in [-0.05, 0) is 66.6 Å². The summed E-state index contributed by atoms with van der Waals surface area (Å²) < 4.78 is 100. The maximum atomic E-state index is 14.1. The molecule has 0 saturated heterocycles. The van der Waals surface area contributed by atoms with Crippen LogP contribution in [-0.2, 0) is 29.5 Å². The number of nitrogens with zero attached hydrogens (tertiary/aromatic N) is 4. The van der Waals surface area contributed by atoms with E-state index in [9.17, 15) is 46.0 Å². The van der Waals surface area contributed by atoms with Crippen LogP contribution < -0.4 is 20.1 Å². The maximum absolute atomic E-state index is 14.1. The average molecular weight is 960 g/mol. The van der Waals surface area contributed by atoms with Crippen LogP contribution in [0, 0.1) is 18.3 Å². The first-order valence-corrected chi connectivity index (χ1v) is 19.6. The number of aromatic nitrogens is 2. The maximum Gasteiger partial charge on any atom is 0.435 e. The first-order valence-electron chi connectivity index (χ1n) is 18.9. The molecule has 1 aromatic heterocycles. The minimum atomic E-state index is -4.88. The SMILES string of the molecule is CO/C=C(/C(=O)OC)c1ccccc1Oc1cc(Oc2ccccc2C#N)ncn1.Cc1cc(C2=NO[C@@](c3cc(Cl)cc(Cl)c3)(C(F)(F)F)C2)ccc1C(=O)NCC(=O)NCC(F)(F)F. The second-order valence-electron chi connectivity index (χ2n) is 13.7. The molecule has 0 unspecified atom stereocenters. The Morgan fingerprint density at radius 1 is 0.848 bits per heavy atom. The number of halogens is 8. The van der Waals surface area contributed by atoms with E-state index in [4.69, 9.17) is 47.0 Å². The van der Waals surface area contributed by atoms with Crippen molar-refractivity contribution in [3.63, 3.8) is 0 Å². The van der Waals surface area contributed by atoms with Crippen molar-refractivity contribution < 1.29 is 64.5 Å². The minimum absolute atomic E-state index is 0.0172. The number of hydrogen-bond acceptors (Lipinski definition) is 12. The molecule has 0 spiro atoms. The van der Waals surface area contributed by atoms with E-state index in [1.54, 1.807) is 53.8 Å². The first kappa shape index (κ1) is 49.6. The molecule has 0 saturated carbocycles.